The number of nitrogens with one attached hydrogen (secondary N) is 2. The highest BCUT2D eigenvalue weighted by atomic mass is 32.2. The molecule has 1 unspecified atom stereocenters. The fourth-order valence-electron chi connectivity index (χ4n) is 2.35. The van der Waals surface area contributed by atoms with Gasteiger partial charge in [0.25, 0.3) is 0 Å². The van der Waals surface area contributed by atoms with Gasteiger partial charge in [0.05, 0.1) is 19.3 Å². The molecule has 0 amide bonds. The lowest BCUT2D eigenvalue weighted by Crippen LogP contribution is -2.47. The Hall–Kier alpha value is -2.19. The lowest BCUT2D eigenvalue weighted by molar-refractivity contribution is -0.139. The standard InChI is InChI=1S/C16H20N2O5S/c1-11-5-6-13(14(19)8-11)10-24(21,22)18-16-12(4-3-7-17-16)9-15(20)23-2/h3-7,16-18H,8-10H2,1-2H3. The Labute approximate surface area is 141 Å². The van der Waals surface area contributed by atoms with Crippen LogP contribution in [-0.4, -0.2) is 39.2 Å². The van der Waals surface area contributed by atoms with Gasteiger partial charge in [-0.15, -0.1) is 0 Å². The van der Waals surface area contributed by atoms with Crippen LogP contribution in [0.25, 0.3) is 0 Å². The number of carbonyl (C=O) groups excluding carboxylic acids is 2. The van der Waals surface area contributed by atoms with Gasteiger partial charge in [0.1, 0.15) is 6.17 Å². The van der Waals surface area contributed by atoms with Crippen LogP contribution in [0.5, 0.6) is 0 Å². The molecule has 0 fully saturated rings. The second-order valence-corrected chi connectivity index (χ2v) is 7.39. The normalized spacial score (nSPS) is 20.7. The summed E-state index contributed by atoms with van der Waals surface area (Å²) in [5.41, 5.74) is 1.68. The Morgan fingerprint density at radius 1 is 1.38 bits per heavy atom. The first kappa shape index (κ1) is 18.2. The summed E-state index contributed by atoms with van der Waals surface area (Å²) in [6, 6.07) is 0. The fourth-order valence-corrected chi connectivity index (χ4v) is 3.68. The summed E-state index contributed by atoms with van der Waals surface area (Å²) in [6.45, 7) is 1.82. The topological polar surface area (TPSA) is 102 Å². The van der Waals surface area contributed by atoms with Gasteiger partial charge in [-0.2, -0.15) is 4.72 Å². The first-order chi connectivity index (χ1) is 11.3. The van der Waals surface area contributed by atoms with Crippen LogP contribution in [0.3, 0.4) is 0 Å². The highest BCUT2D eigenvalue weighted by molar-refractivity contribution is 7.89. The van der Waals surface area contributed by atoms with E-state index < -0.39 is 27.9 Å². The molecule has 0 bridgehead atoms. The van der Waals surface area contributed by atoms with Crippen LogP contribution in [0, 0.1) is 0 Å². The molecule has 8 heteroatoms. The number of ketones is 1. The van der Waals surface area contributed by atoms with Gasteiger partial charge in [0.2, 0.25) is 10.0 Å². The molecule has 0 radical (unpaired) electrons. The van der Waals surface area contributed by atoms with Gasteiger partial charge in [0.15, 0.2) is 5.78 Å². The number of Topliss-reactive ketones (excluding diaryl/α,β-unsaturated/α-hetero) is 1. The van der Waals surface area contributed by atoms with Gasteiger partial charge in [-0.1, -0.05) is 23.8 Å². The van der Waals surface area contributed by atoms with E-state index in [0.717, 1.165) is 5.57 Å². The van der Waals surface area contributed by atoms with Crippen molar-refractivity contribution in [3.8, 4) is 0 Å². The van der Waals surface area contributed by atoms with Crippen LogP contribution in [0.15, 0.2) is 47.2 Å². The van der Waals surface area contributed by atoms with E-state index in [1.807, 2.05) is 6.92 Å². The highest BCUT2D eigenvalue weighted by Gasteiger charge is 2.26. The first-order valence-electron chi connectivity index (χ1n) is 7.39. The van der Waals surface area contributed by atoms with E-state index in [1.54, 1.807) is 30.5 Å². The largest absolute Gasteiger partial charge is 0.469 e. The molecule has 1 aliphatic heterocycles. The Morgan fingerprint density at radius 2 is 2.12 bits per heavy atom. The van der Waals surface area contributed by atoms with Crippen LogP contribution in [0.2, 0.25) is 0 Å². The molecule has 2 N–H and O–H groups in total. The summed E-state index contributed by atoms with van der Waals surface area (Å²) in [5.74, 6) is -1.06. The van der Waals surface area contributed by atoms with E-state index in [9.17, 15) is 18.0 Å². The number of sulfonamides is 1. The average Bonchev–Trinajstić information content (AvgIpc) is 2.51. The first-order valence-corrected chi connectivity index (χ1v) is 9.04. The van der Waals surface area contributed by atoms with E-state index in [4.69, 9.17) is 0 Å². The van der Waals surface area contributed by atoms with Crippen LogP contribution < -0.4 is 10.0 Å². The number of hydrogen-bond acceptors (Lipinski definition) is 6. The lowest BCUT2D eigenvalue weighted by Gasteiger charge is -2.24. The molecule has 0 saturated carbocycles. The minimum Gasteiger partial charge on any atom is -0.469 e. The van der Waals surface area contributed by atoms with Crippen molar-refractivity contribution in [2.45, 2.75) is 25.9 Å². The Morgan fingerprint density at radius 3 is 2.79 bits per heavy atom. The average molecular weight is 352 g/mol. The van der Waals surface area contributed by atoms with Gasteiger partial charge < -0.3 is 10.1 Å². The maximum atomic E-state index is 12.4. The third-order valence-corrected chi connectivity index (χ3v) is 4.91. The summed E-state index contributed by atoms with van der Waals surface area (Å²) >= 11 is 0. The van der Waals surface area contributed by atoms with Crippen LogP contribution in [0.4, 0.5) is 0 Å². The summed E-state index contributed by atoms with van der Waals surface area (Å²) in [7, 11) is -2.50. The molecule has 2 rings (SSSR count). The minimum atomic E-state index is -3.76. The van der Waals surface area contributed by atoms with Gasteiger partial charge in [-0.25, -0.2) is 8.42 Å². The fraction of sp³-hybridized carbons (Fsp3) is 0.375. The zero-order chi connectivity index (χ0) is 17.7. The number of ether oxygens (including phenoxy) is 1. The highest BCUT2D eigenvalue weighted by Crippen LogP contribution is 2.17. The number of rotatable bonds is 6. The Balaban J connectivity index is 2.08. The van der Waals surface area contributed by atoms with Gasteiger partial charge in [0, 0.05) is 12.0 Å². The van der Waals surface area contributed by atoms with Crippen molar-refractivity contribution in [2.75, 3.05) is 12.9 Å². The smallest absolute Gasteiger partial charge is 0.309 e. The number of esters is 1. The van der Waals surface area contributed by atoms with E-state index in [1.165, 1.54) is 7.11 Å². The molecule has 1 heterocycles. The summed E-state index contributed by atoms with van der Waals surface area (Å²) in [5, 5.41) is 2.85. The molecular formula is C16H20N2O5S. The molecule has 1 atom stereocenters. The monoisotopic (exact) mass is 352 g/mol. The van der Waals surface area contributed by atoms with Crippen LogP contribution in [0.1, 0.15) is 19.8 Å². The number of methoxy groups -OCH3 is 1. The second kappa shape index (κ2) is 7.59. The quantitative estimate of drug-likeness (QED) is 0.682. The third-order valence-electron chi connectivity index (χ3n) is 3.63. The third kappa shape index (κ3) is 4.90. The summed E-state index contributed by atoms with van der Waals surface area (Å²) in [4.78, 5) is 23.4. The van der Waals surface area contributed by atoms with E-state index in [0.29, 0.717) is 5.57 Å². The van der Waals surface area contributed by atoms with Crippen molar-refractivity contribution in [1.82, 2.24) is 10.0 Å². The lowest BCUT2D eigenvalue weighted by atomic mass is 9.99. The SMILES string of the molecule is COC(=O)CC1=CC=CNC1NS(=O)(=O)CC1=CC=C(C)CC1=O. The van der Waals surface area contributed by atoms with Crippen LogP contribution >= 0.6 is 0 Å². The van der Waals surface area contributed by atoms with Gasteiger partial charge >= 0.3 is 5.97 Å². The zero-order valence-electron chi connectivity index (χ0n) is 13.5. The molecular weight excluding hydrogens is 332 g/mol. The van der Waals surface area contributed by atoms with Crippen molar-refractivity contribution < 1.29 is 22.7 Å². The maximum Gasteiger partial charge on any atom is 0.309 e. The molecule has 1 aliphatic carbocycles. The Bertz CT molecular complexity index is 759. The number of carbonyl (C=O) groups is 2. The molecule has 2 aliphatic rings. The maximum absolute atomic E-state index is 12.4. The minimum absolute atomic E-state index is 0.0371. The van der Waals surface area contributed by atoms with Gasteiger partial charge in [-0.3, -0.25) is 9.59 Å². The number of allylic oxidation sites excluding steroid dienone is 5. The van der Waals surface area contributed by atoms with E-state index in [2.05, 4.69) is 14.8 Å². The van der Waals surface area contributed by atoms with Crippen LogP contribution in [-0.2, 0) is 24.3 Å². The van der Waals surface area contributed by atoms with Crippen molar-refractivity contribution in [1.29, 1.82) is 0 Å². The van der Waals surface area contributed by atoms with Crippen molar-refractivity contribution >= 4 is 21.8 Å². The molecule has 0 aromatic heterocycles. The zero-order valence-corrected chi connectivity index (χ0v) is 14.4. The molecule has 130 valence electrons. The molecule has 7 nitrogen and oxygen atoms in total. The molecule has 0 aromatic rings. The van der Waals surface area contributed by atoms with Crippen molar-refractivity contribution in [3.63, 3.8) is 0 Å². The summed E-state index contributed by atoms with van der Waals surface area (Å²) in [6.07, 6.45) is 7.63. The second-order valence-electron chi connectivity index (χ2n) is 5.64. The van der Waals surface area contributed by atoms with E-state index in [-0.39, 0.29) is 24.2 Å². The molecule has 0 saturated heterocycles. The summed E-state index contributed by atoms with van der Waals surface area (Å²) < 4.78 is 31.8. The number of dihydropyridines is 1. The molecule has 24 heavy (non-hydrogen) atoms. The molecule has 0 aromatic carbocycles. The van der Waals surface area contributed by atoms with Crippen molar-refractivity contribution in [3.05, 3.63) is 47.2 Å². The Kier molecular flexibility index (Phi) is 5.74. The number of hydrogen-bond donors (Lipinski definition) is 2. The predicted molar refractivity (Wildman–Crippen MR) is 89.2 cm³/mol. The molecule has 0 spiro atoms. The van der Waals surface area contributed by atoms with Gasteiger partial charge in [-0.05, 0) is 24.8 Å². The van der Waals surface area contributed by atoms with E-state index >= 15 is 0 Å². The predicted octanol–water partition coefficient (Wildman–Crippen LogP) is 0.684. The van der Waals surface area contributed by atoms with Crippen molar-refractivity contribution in [2.24, 2.45) is 0 Å².